The van der Waals surface area contributed by atoms with E-state index in [1.165, 1.54) is 6.42 Å². The summed E-state index contributed by atoms with van der Waals surface area (Å²) < 4.78 is 0. The lowest BCUT2D eigenvalue weighted by atomic mass is 9.81. The molecule has 0 bridgehead atoms. The molecule has 1 saturated heterocycles. The van der Waals surface area contributed by atoms with Gasteiger partial charge in [0.05, 0.1) is 6.10 Å². The molecule has 0 aromatic heterocycles. The fraction of sp³-hybridized carbons (Fsp3) is 0.909. The predicted molar refractivity (Wildman–Crippen MR) is 53.8 cm³/mol. The number of piperidine rings is 1. The van der Waals surface area contributed by atoms with Crippen LogP contribution in [0.5, 0.6) is 0 Å². The van der Waals surface area contributed by atoms with Gasteiger partial charge in [0.1, 0.15) is 0 Å². The van der Waals surface area contributed by atoms with Crippen LogP contribution in [-0.2, 0) is 4.79 Å². The van der Waals surface area contributed by atoms with Gasteiger partial charge in [0.25, 0.3) is 0 Å². The van der Waals surface area contributed by atoms with Crippen LogP contribution in [0, 0.1) is 5.92 Å². The van der Waals surface area contributed by atoms with E-state index < -0.39 is 0 Å². The number of rotatable bonds is 3. The zero-order valence-electron chi connectivity index (χ0n) is 8.61. The van der Waals surface area contributed by atoms with E-state index in [4.69, 9.17) is 0 Å². The highest BCUT2D eigenvalue weighted by atomic mass is 16.3. The van der Waals surface area contributed by atoms with Crippen LogP contribution in [0.2, 0.25) is 0 Å². The molecule has 3 nitrogen and oxygen atoms in total. The van der Waals surface area contributed by atoms with Gasteiger partial charge in [0, 0.05) is 19.5 Å². The third-order valence-electron chi connectivity index (χ3n) is 3.52. The van der Waals surface area contributed by atoms with Crippen molar-refractivity contribution >= 4 is 5.91 Å². The van der Waals surface area contributed by atoms with Crippen molar-refractivity contribution in [3.63, 3.8) is 0 Å². The fourth-order valence-electron chi connectivity index (χ4n) is 2.25. The molecule has 0 radical (unpaired) electrons. The maximum atomic E-state index is 11.5. The maximum Gasteiger partial charge on any atom is 0.222 e. The molecule has 0 spiro atoms. The summed E-state index contributed by atoms with van der Waals surface area (Å²) in [5, 5.41) is 9.85. The molecular weight excluding hydrogens is 178 g/mol. The van der Waals surface area contributed by atoms with Crippen LogP contribution in [-0.4, -0.2) is 35.1 Å². The van der Waals surface area contributed by atoms with E-state index in [1.807, 2.05) is 4.90 Å². The Bertz CT molecular complexity index is 213. The Hall–Kier alpha value is -0.570. The van der Waals surface area contributed by atoms with E-state index >= 15 is 0 Å². The number of β-amino-alcohol motifs (C(OH)–C–C–N with tert-alkyl or cyclic N) is 1. The molecule has 0 aromatic rings. The molecule has 1 saturated carbocycles. The molecule has 0 aromatic carbocycles. The number of aliphatic hydroxyl groups is 1. The molecule has 1 unspecified atom stereocenters. The Morgan fingerprint density at radius 3 is 2.71 bits per heavy atom. The van der Waals surface area contributed by atoms with Crippen molar-refractivity contribution in [3.05, 3.63) is 0 Å². The summed E-state index contributed by atoms with van der Waals surface area (Å²) in [6.07, 6.45) is 6.06. The summed E-state index contributed by atoms with van der Waals surface area (Å²) in [6.45, 7) is 1.42. The zero-order chi connectivity index (χ0) is 9.97. The monoisotopic (exact) mass is 197 g/mol. The first kappa shape index (κ1) is 9.97. The van der Waals surface area contributed by atoms with Gasteiger partial charge < -0.3 is 10.0 Å². The van der Waals surface area contributed by atoms with Gasteiger partial charge in [0.15, 0.2) is 0 Å². The third-order valence-corrected chi connectivity index (χ3v) is 3.52. The molecule has 1 atom stereocenters. The maximum absolute atomic E-state index is 11.5. The Morgan fingerprint density at radius 1 is 1.36 bits per heavy atom. The Kier molecular flexibility index (Phi) is 3.06. The quantitative estimate of drug-likeness (QED) is 0.737. The van der Waals surface area contributed by atoms with Crippen molar-refractivity contribution in [2.75, 3.05) is 13.1 Å². The highest BCUT2D eigenvalue weighted by Crippen LogP contribution is 2.30. The minimum absolute atomic E-state index is 0.231. The van der Waals surface area contributed by atoms with Gasteiger partial charge in [-0.1, -0.05) is 6.42 Å². The smallest absolute Gasteiger partial charge is 0.222 e. The molecular formula is C11H19NO2. The van der Waals surface area contributed by atoms with Crippen LogP contribution >= 0.6 is 0 Å². The van der Waals surface area contributed by atoms with Crippen LogP contribution in [0.15, 0.2) is 0 Å². The molecule has 1 N–H and O–H groups in total. The van der Waals surface area contributed by atoms with E-state index in [1.54, 1.807) is 0 Å². The molecule has 3 heteroatoms. The lowest BCUT2D eigenvalue weighted by Crippen LogP contribution is -2.44. The zero-order valence-corrected chi connectivity index (χ0v) is 8.61. The van der Waals surface area contributed by atoms with E-state index in [9.17, 15) is 9.90 Å². The fourth-order valence-corrected chi connectivity index (χ4v) is 2.25. The van der Waals surface area contributed by atoms with Gasteiger partial charge in [-0.3, -0.25) is 4.79 Å². The second-order valence-electron chi connectivity index (χ2n) is 4.56. The normalized spacial score (nSPS) is 26.1. The molecule has 2 fully saturated rings. The van der Waals surface area contributed by atoms with Crippen LogP contribution < -0.4 is 0 Å². The summed E-state index contributed by atoms with van der Waals surface area (Å²) in [5.41, 5.74) is 0. The van der Waals surface area contributed by atoms with Crippen molar-refractivity contribution in [2.45, 2.75) is 44.6 Å². The predicted octanol–water partition coefficient (Wildman–Crippen LogP) is 1.16. The Labute approximate surface area is 85.1 Å². The van der Waals surface area contributed by atoms with Gasteiger partial charge in [-0.2, -0.15) is 0 Å². The van der Waals surface area contributed by atoms with Crippen molar-refractivity contribution < 1.29 is 9.90 Å². The van der Waals surface area contributed by atoms with Crippen molar-refractivity contribution in [3.8, 4) is 0 Å². The molecule has 2 rings (SSSR count). The summed E-state index contributed by atoms with van der Waals surface area (Å²) in [5.74, 6) is 0.694. The summed E-state index contributed by atoms with van der Waals surface area (Å²) >= 11 is 0. The molecule has 14 heavy (non-hydrogen) atoms. The third kappa shape index (κ3) is 2.08. The topological polar surface area (TPSA) is 40.5 Å². The van der Waals surface area contributed by atoms with E-state index in [0.717, 1.165) is 32.2 Å². The van der Waals surface area contributed by atoms with Gasteiger partial charge >= 0.3 is 0 Å². The lowest BCUT2D eigenvalue weighted by Gasteiger charge is -2.35. The number of aliphatic hydroxyl groups excluding tert-OH is 1. The molecule has 1 aliphatic heterocycles. The van der Waals surface area contributed by atoms with Crippen molar-refractivity contribution in [1.29, 1.82) is 0 Å². The van der Waals surface area contributed by atoms with E-state index in [-0.39, 0.29) is 12.0 Å². The highest BCUT2D eigenvalue weighted by molar-refractivity contribution is 5.76. The number of hydrogen-bond donors (Lipinski definition) is 1. The van der Waals surface area contributed by atoms with Crippen LogP contribution in [0.4, 0.5) is 0 Å². The molecule has 1 aliphatic carbocycles. The van der Waals surface area contributed by atoms with Crippen LogP contribution in [0.25, 0.3) is 0 Å². The van der Waals surface area contributed by atoms with Gasteiger partial charge in [0.2, 0.25) is 5.91 Å². The summed E-state index contributed by atoms with van der Waals surface area (Å²) in [7, 11) is 0. The van der Waals surface area contributed by atoms with E-state index in [2.05, 4.69) is 0 Å². The molecule has 1 heterocycles. The van der Waals surface area contributed by atoms with Crippen molar-refractivity contribution in [1.82, 2.24) is 4.90 Å². The Morgan fingerprint density at radius 2 is 2.14 bits per heavy atom. The SMILES string of the molecule is O=C1CCCCN1CC(O)C1CCC1. The number of carbonyl (C=O) groups excluding carboxylic acids is 1. The second kappa shape index (κ2) is 4.30. The summed E-state index contributed by atoms with van der Waals surface area (Å²) in [4.78, 5) is 13.3. The van der Waals surface area contributed by atoms with Crippen molar-refractivity contribution in [2.24, 2.45) is 5.92 Å². The largest absolute Gasteiger partial charge is 0.391 e. The number of likely N-dealkylation sites (tertiary alicyclic amines) is 1. The minimum atomic E-state index is -0.272. The van der Waals surface area contributed by atoms with Crippen LogP contribution in [0.3, 0.4) is 0 Å². The average molecular weight is 197 g/mol. The van der Waals surface area contributed by atoms with Gasteiger partial charge in [-0.25, -0.2) is 0 Å². The number of nitrogens with zero attached hydrogens (tertiary/aromatic N) is 1. The molecule has 80 valence electrons. The first-order valence-electron chi connectivity index (χ1n) is 5.73. The number of carbonyl (C=O) groups is 1. The highest BCUT2D eigenvalue weighted by Gasteiger charge is 2.29. The van der Waals surface area contributed by atoms with Gasteiger partial charge in [-0.15, -0.1) is 0 Å². The number of amides is 1. The molecule has 1 amide bonds. The molecule has 2 aliphatic rings. The van der Waals surface area contributed by atoms with Crippen LogP contribution in [0.1, 0.15) is 38.5 Å². The first-order chi connectivity index (χ1) is 6.77. The summed E-state index contributed by atoms with van der Waals surface area (Å²) in [6, 6.07) is 0. The minimum Gasteiger partial charge on any atom is -0.391 e. The number of hydrogen-bond acceptors (Lipinski definition) is 2. The van der Waals surface area contributed by atoms with Gasteiger partial charge in [-0.05, 0) is 31.6 Å². The van der Waals surface area contributed by atoms with E-state index in [0.29, 0.717) is 18.9 Å². The first-order valence-corrected chi connectivity index (χ1v) is 5.73. The lowest BCUT2D eigenvalue weighted by molar-refractivity contribution is -0.135. The second-order valence-corrected chi connectivity index (χ2v) is 4.56. The Balaban J connectivity index is 1.79. The average Bonchev–Trinajstić information content (AvgIpc) is 2.05. The standard InChI is InChI=1S/C11H19NO2/c13-10(9-4-3-5-9)8-12-7-2-1-6-11(12)14/h9-10,13H,1-8H2.